The van der Waals surface area contributed by atoms with Crippen molar-refractivity contribution in [3.63, 3.8) is 0 Å². The Labute approximate surface area is 137 Å². The molecule has 0 rings (SSSR count). The van der Waals surface area contributed by atoms with Gasteiger partial charge in [0.05, 0.1) is 0 Å². The van der Waals surface area contributed by atoms with Gasteiger partial charge in [0.2, 0.25) is 0 Å². The van der Waals surface area contributed by atoms with Gasteiger partial charge < -0.3 is 0 Å². The highest BCUT2D eigenvalue weighted by Gasteiger charge is 2.02. The molecule has 0 saturated carbocycles. The number of hydrogen-bond donors (Lipinski definition) is 0. The summed E-state index contributed by atoms with van der Waals surface area (Å²) in [5.41, 5.74) is 5.28. The van der Waals surface area contributed by atoms with Crippen molar-refractivity contribution in [1.29, 1.82) is 0 Å². The van der Waals surface area contributed by atoms with Crippen LogP contribution in [0.15, 0.2) is 58.7 Å². The molecule has 122 valence electrons. The minimum Gasteiger partial charge on any atom is -0.299 e. The average Bonchev–Trinajstić information content (AvgIpc) is 2.42. The van der Waals surface area contributed by atoms with E-state index in [0.29, 0.717) is 5.92 Å². The van der Waals surface area contributed by atoms with Gasteiger partial charge in [0.25, 0.3) is 0 Å². The number of aldehydes is 1. The number of allylic oxidation sites excluding steroid dienone is 10. The van der Waals surface area contributed by atoms with E-state index in [2.05, 4.69) is 65.8 Å². The van der Waals surface area contributed by atoms with Crippen molar-refractivity contribution in [3.05, 3.63) is 58.7 Å². The van der Waals surface area contributed by atoms with Crippen LogP contribution in [0.25, 0.3) is 0 Å². The van der Waals surface area contributed by atoms with Gasteiger partial charge in [-0.2, -0.15) is 0 Å². The van der Waals surface area contributed by atoms with Crippen molar-refractivity contribution < 1.29 is 4.79 Å². The first kappa shape index (κ1) is 20.4. The molecule has 1 heteroatoms. The Morgan fingerprint density at radius 2 is 1.55 bits per heavy atom. The van der Waals surface area contributed by atoms with Crippen molar-refractivity contribution in [1.82, 2.24) is 0 Å². The van der Waals surface area contributed by atoms with E-state index in [0.717, 1.165) is 25.5 Å². The Morgan fingerprint density at radius 3 is 2.14 bits per heavy atom. The zero-order chi connectivity index (χ0) is 17.0. The number of hydrogen-bond acceptors (Lipinski definition) is 1. The minimum absolute atomic E-state index is 0.641. The van der Waals surface area contributed by atoms with Gasteiger partial charge in [-0.05, 0) is 65.9 Å². The molecule has 0 unspecified atom stereocenters. The molecule has 0 aliphatic carbocycles. The van der Waals surface area contributed by atoms with Gasteiger partial charge in [-0.25, -0.2) is 0 Å². The molecule has 1 atom stereocenters. The Hall–Kier alpha value is -1.63. The molecule has 0 amide bonds. The van der Waals surface area contributed by atoms with Gasteiger partial charge in [-0.3, -0.25) is 4.79 Å². The molecule has 1 nitrogen and oxygen atoms in total. The van der Waals surface area contributed by atoms with Gasteiger partial charge in [0, 0.05) is 0 Å². The van der Waals surface area contributed by atoms with Gasteiger partial charge >= 0.3 is 0 Å². The summed E-state index contributed by atoms with van der Waals surface area (Å²) in [5.74, 6) is 0.641. The van der Waals surface area contributed by atoms with Gasteiger partial charge in [-0.1, -0.05) is 59.6 Å². The highest BCUT2D eigenvalue weighted by atomic mass is 16.1. The number of carbonyl (C=O) groups is 1. The molecule has 0 fully saturated rings. The van der Waals surface area contributed by atoms with E-state index in [1.165, 1.54) is 22.3 Å². The molecular formula is C21H32O. The van der Waals surface area contributed by atoms with Crippen LogP contribution in [0.4, 0.5) is 0 Å². The molecule has 0 N–H and O–H groups in total. The van der Waals surface area contributed by atoms with Crippen molar-refractivity contribution in [2.24, 2.45) is 5.92 Å². The van der Waals surface area contributed by atoms with Crippen LogP contribution in [-0.4, -0.2) is 6.29 Å². The summed E-state index contributed by atoms with van der Waals surface area (Å²) in [7, 11) is 0. The van der Waals surface area contributed by atoms with Crippen molar-refractivity contribution in [2.75, 3.05) is 0 Å². The van der Waals surface area contributed by atoms with E-state index >= 15 is 0 Å². The largest absolute Gasteiger partial charge is 0.299 e. The summed E-state index contributed by atoms with van der Waals surface area (Å²) < 4.78 is 0. The second-order valence-corrected chi connectivity index (χ2v) is 6.25. The smallest absolute Gasteiger partial charge is 0.142 e. The lowest BCUT2D eigenvalue weighted by atomic mass is 9.96. The summed E-state index contributed by atoms with van der Waals surface area (Å²) in [5, 5.41) is 0. The van der Waals surface area contributed by atoms with E-state index in [-0.39, 0.29) is 0 Å². The third kappa shape index (κ3) is 11.1. The second kappa shape index (κ2) is 12.0. The lowest BCUT2D eigenvalue weighted by Gasteiger charge is -2.10. The molecule has 0 aromatic rings. The molecule has 0 aromatic heterocycles. The van der Waals surface area contributed by atoms with Crippen molar-refractivity contribution in [2.45, 2.75) is 60.8 Å². The number of carbonyl (C=O) groups excluding carboxylic acids is 1. The van der Waals surface area contributed by atoms with Crippen LogP contribution in [0.2, 0.25) is 0 Å². The van der Waals surface area contributed by atoms with Crippen LogP contribution in [0, 0.1) is 5.92 Å². The summed E-state index contributed by atoms with van der Waals surface area (Å²) in [6.07, 6.45) is 16.4. The molecule has 0 spiro atoms. The minimum atomic E-state index is 0.641. The van der Waals surface area contributed by atoms with Crippen LogP contribution in [0.3, 0.4) is 0 Å². The predicted molar refractivity (Wildman–Crippen MR) is 98.9 cm³/mol. The third-order valence-corrected chi connectivity index (χ3v) is 3.55. The first-order chi connectivity index (χ1) is 10.4. The lowest BCUT2D eigenvalue weighted by molar-refractivity contribution is -0.104. The van der Waals surface area contributed by atoms with Gasteiger partial charge in [-0.15, -0.1) is 0 Å². The number of rotatable bonds is 9. The Morgan fingerprint density at radius 1 is 0.955 bits per heavy atom. The molecule has 22 heavy (non-hydrogen) atoms. The third-order valence-electron chi connectivity index (χ3n) is 3.55. The van der Waals surface area contributed by atoms with Crippen LogP contribution >= 0.6 is 0 Å². The summed E-state index contributed by atoms with van der Waals surface area (Å²) in [6.45, 7) is 12.9. The standard InChI is InChI=1S/C21H32O/c1-7-17(2)13-19(4)15-21(6)16-20(5)14-18(3)11-9-8-10-12-22/h7-8,10,12-13,15-16,18H,9,11,14H2,1-6H3/b10-8+,17-7+,19-13+,20-16+,21-15+/t18-/m1/s1. The van der Waals surface area contributed by atoms with Crippen LogP contribution in [0.1, 0.15) is 60.8 Å². The molecule has 0 heterocycles. The van der Waals surface area contributed by atoms with E-state index in [1.807, 2.05) is 6.08 Å². The van der Waals surface area contributed by atoms with E-state index in [9.17, 15) is 4.79 Å². The highest BCUT2D eigenvalue weighted by Crippen LogP contribution is 2.18. The van der Waals surface area contributed by atoms with Crippen LogP contribution < -0.4 is 0 Å². The fraction of sp³-hybridized carbons (Fsp3) is 0.476. The molecule has 0 aliphatic heterocycles. The summed E-state index contributed by atoms with van der Waals surface area (Å²) >= 11 is 0. The molecule has 0 bridgehead atoms. The average molecular weight is 300 g/mol. The molecule has 0 saturated heterocycles. The fourth-order valence-electron chi connectivity index (χ4n) is 2.52. The Bertz CT molecular complexity index is 484. The Kier molecular flexibility index (Phi) is 11.1. The SMILES string of the molecule is C/C=C(C)/C=C(C)/C=C(C)/C=C(\C)C[C@H](C)CC/C=C/C=O. The normalized spacial score (nSPS) is 16.3. The zero-order valence-corrected chi connectivity index (χ0v) is 15.1. The van der Waals surface area contributed by atoms with E-state index in [1.54, 1.807) is 6.08 Å². The fourth-order valence-corrected chi connectivity index (χ4v) is 2.52. The Balaban J connectivity index is 4.54. The highest BCUT2D eigenvalue weighted by molar-refractivity contribution is 5.64. The molecular weight excluding hydrogens is 268 g/mol. The first-order valence-electron chi connectivity index (χ1n) is 8.16. The van der Waals surface area contributed by atoms with Crippen LogP contribution in [-0.2, 0) is 4.79 Å². The quantitative estimate of drug-likeness (QED) is 0.275. The maximum Gasteiger partial charge on any atom is 0.142 e. The lowest BCUT2D eigenvalue weighted by Crippen LogP contribution is -1.95. The van der Waals surface area contributed by atoms with E-state index in [4.69, 9.17) is 0 Å². The van der Waals surface area contributed by atoms with Crippen LogP contribution in [0.5, 0.6) is 0 Å². The van der Waals surface area contributed by atoms with Crippen molar-refractivity contribution >= 4 is 6.29 Å². The molecule has 0 aliphatic rings. The maximum absolute atomic E-state index is 10.2. The second-order valence-electron chi connectivity index (χ2n) is 6.25. The predicted octanol–water partition coefficient (Wildman–Crippen LogP) is 6.35. The van der Waals surface area contributed by atoms with E-state index < -0.39 is 0 Å². The maximum atomic E-state index is 10.2. The van der Waals surface area contributed by atoms with Gasteiger partial charge in [0.15, 0.2) is 0 Å². The monoisotopic (exact) mass is 300 g/mol. The zero-order valence-electron chi connectivity index (χ0n) is 15.1. The van der Waals surface area contributed by atoms with Gasteiger partial charge in [0.1, 0.15) is 6.29 Å². The summed E-state index contributed by atoms with van der Waals surface area (Å²) in [4.78, 5) is 10.2. The molecule has 0 aromatic carbocycles. The summed E-state index contributed by atoms with van der Waals surface area (Å²) in [6, 6.07) is 0. The first-order valence-corrected chi connectivity index (χ1v) is 8.16. The molecule has 0 radical (unpaired) electrons. The van der Waals surface area contributed by atoms with Crippen molar-refractivity contribution in [3.8, 4) is 0 Å². The topological polar surface area (TPSA) is 17.1 Å².